The predicted octanol–water partition coefficient (Wildman–Crippen LogP) is 2.85. The van der Waals surface area contributed by atoms with E-state index >= 15 is 0 Å². The molecule has 0 saturated heterocycles. The highest BCUT2D eigenvalue weighted by atomic mass is 35.5. The molecule has 0 bridgehead atoms. The number of aromatic nitrogens is 2. The molecule has 1 heterocycles. The lowest BCUT2D eigenvalue weighted by Crippen LogP contribution is -2.03. The van der Waals surface area contributed by atoms with E-state index in [0.29, 0.717) is 29.7 Å². The van der Waals surface area contributed by atoms with E-state index in [-0.39, 0.29) is 0 Å². The lowest BCUT2D eigenvalue weighted by Gasteiger charge is -2.12. The van der Waals surface area contributed by atoms with Crippen molar-refractivity contribution < 1.29 is 14.2 Å². The van der Waals surface area contributed by atoms with Crippen LogP contribution in [-0.4, -0.2) is 31.1 Å². The summed E-state index contributed by atoms with van der Waals surface area (Å²) < 4.78 is 17.4. The van der Waals surface area contributed by atoms with Gasteiger partial charge in [0.25, 0.3) is 0 Å². The van der Waals surface area contributed by atoms with Gasteiger partial charge in [-0.2, -0.15) is 5.10 Å². The Bertz CT molecular complexity index is 643. The van der Waals surface area contributed by atoms with Gasteiger partial charge in [0.15, 0.2) is 11.5 Å². The second-order valence-corrected chi connectivity index (χ2v) is 5.16. The van der Waals surface area contributed by atoms with Crippen molar-refractivity contribution in [2.24, 2.45) is 7.05 Å². The van der Waals surface area contributed by atoms with Crippen LogP contribution in [0, 0.1) is 0 Å². The number of anilines is 1. The molecule has 0 fully saturated rings. The minimum Gasteiger partial charge on any atom is -0.493 e. The first-order valence-electron chi connectivity index (χ1n) is 6.74. The van der Waals surface area contributed by atoms with Gasteiger partial charge in [-0.25, -0.2) is 0 Å². The fraction of sp³-hybridized carbons (Fsp3) is 0.400. The van der Waals surface area contributed by atoms with Gasteiger partial charge in [-0.05, 0) is 11.6 Å². The highest BCUT2D eigenvalue weighted by molar-refractivity contribution is 6.31. The van der Waals surface area contributed by atoms with Gasteiger partial charge in [-0.1, -0.05) is 11.6 Å². The maximum atomic E-state index is 6.29. The van der Waals surface area contributed by atoms with E-state index in [0.717, 1.165) is 16.9 Å². The van der Waals surface area contributed by atoms with Gasteiger partial charge < -0.3 is 19.5 Å². The molecule has 0 spiro atoms. The third-order valence-electron chi connectivity index (χ3n) is 3.21. The molecule has 0 radical (unpaired) electrons. The summed E-state index contributed by atoms with van der Waals surface area (Å²) in [7, 11) is 6.69. The minimum absolute atomic E-state index is 0.447. The molecular weight excluding hydrogens is 306 g/mol. The number of hydrogen-bond donors (Lipinski definition) is 1. The summed E-state index contributed by atoms with van der Waals surface area (Å²) in [4.78, 5) is 0. The number of hydrogen-bond acceptors (Lipinski definition) is 5. The fourth-order valence-corrected chi connectivity index (χ4v) is 2.37. The summed E-state index contributed by atoms with van der Waals surface area (Å²) in [6, 6.07) is 3.61. The van der Waals surface area contributed by atoms with E-state index in [1.807, 2.05) is 19.3 Å². The Labute approximate surface area is 134 Å². The lowest BCUT2D eigenvalue weighted by atomic mass is 10.2. The molecule has 2 rings (SSSR count). The number of benzene rings is 1. The van der Waals surface area contributed by atoms with Gasteiger partial charge >= 0.3 is 0 Å². The van der Waals surface area contributed by atoms with E-state index < -0.39 is 0 Å². The standard InChI is InChI=1S/C15H20ClN3O3/c1-19-8-12(13(18-19)9-20-2)17-7-10-5-14(21-3)15(22-4)6-11(10)16/h5-6,8,17H,7,9H2,1-4H3. The maximum Gasteiger partial charge on any atom is 0.162 e. The number of methoxy groups -OCH3 is 3. The monoisotopic (exact) mass is 325 g/mol. The Morgan fingerprint density at radius 3 is 2.50 bits per heavy atom. The van der Waals surface area contributed by atoms with Gasteiger partial charge in [-0.15, -0.1) is 0 Å². The zero-order valence-electron chi connectivity index (χ0n) is 13.1. The van der Waals surface area contributed by atoms with E-state index in [2.05, 4.69) is 10.4 Å². The molecule has 1 aromatic carbocycles. The second kappa shape index (κ2) is 7.38. The van der Waals surface area contributed by atoms with E-state index in [9.17, 15) is 0 Å². The van der Waals surface area contributed by atoms with Crippen molar-refractivity contribution in [3.8, 4) is 11.5 Å². The van der Waals surface area contributed by atoms with Crippen LogP contribution in [0.3, 0.4) is 0 Å². The molecule has 2 aromatic rings. The Morgan fingerprint density at radius 2 is 1.86 bits per heavy atom. The molecule has 0 unspecified atom stereocenters. The van der Waals surface area contributed by atoms with Crippen LogP contribution in [0.1, 0.15) is 11.3 Å². The highest BCUT2D eigenvalue weighted by Gasteiger charge is 2.12. The largest absolute Gasteiger partial charge is 0.493 e. The van der Waals surface area contributed by atoms with Crippen molar-refractivity contribution in [3.05, 3.63) is 34.6 Å². The lowest BCUT2D eigenvalue weighted by molar-refractivity contribution is 0.181. The number of aryl methyl sites for hydroxylation is 1. The van der Waals surface area contributed by atoms with Crippen LogP contribution < -0.4 is 14.8 Å². The fourth-order valence-electron chi connectivity index (χ4n) is 2.15. The third kappa shape index (κ3) is 3.64. The summed E-state index contributed by atoms with van der Waals surface area (Å²) in [6.07, 6.45) is 1.91. The molecule has 6 nitrogen and oxygen atoms in total. The van der Waals surface area contributed by atoms with Crippen molar-refractivity contribution in [3.63, 3.8) is 0 Å². The van der Waals surface area contributed by atoms with Crippen molar-refractivity contribution in [2.45, 2.75) is 13.2 Å². The van der Waals surface area contributed by atoms with Gasteiger partial charge in [0, 0.05) is 38.0 Å². The molecule has 22 heavy (non-hydrogen) atoms. The predicted molar refractivity (Wildman–Crippen MR) is 85.8 cm³/mol. The van der Waals surface area contributed by atoms with Crippen LogP contribution in [0.25, 0.3) is 0 Å². The number of halogens is 1. The van der Waals surface area contributed by atoms with E-state index in [1.165, 1.54) is 0 Å². The van der Waals surface area contributed by atoms with Gasteiger partial charge in [0.05, 0.1) is 26.5 Å². The van der Waals surface area contributed by atoms with E-state index in [4.69, 9.17) is 25.8 Å². The number of nitrogens with one attached hydrogen (secondary N) is 1. The van der Waals surface area contributed by atoms with Crippen LogP contribution in [0.4, 0.5) is 5.69 Å². The van der Waals surface area contributed by atoms with Crippen LogP contribution in [0.15, 0.2) is 18.3 Å². The first-order valence-corrected chi connectivity index (χ1v) is 7.12. The Kier molecular flexibility index (Phi) is 5.51. The van der Waals surface area contributed by atoms with Crippen molar-refractivity contribution in [2.75, 3.05) is 26.6 Å². The Hall–Kier alpha value is -1.92. The van der Waals surface area contributed by atoms with Crippen molar-refractivity contribution in [1.29, 1.82) is 0 Å². The number of rotatable bonds is 7. The molecule has 0 atom stereocenters. The molecule has 1 N–H and O–H groups in total. The van der Waals surface area contributed by atoms with Gasteiger partial charge in [-0.3, -0.25) is 4.68 Å². The molecular formula is C15H20ClN3O3. The van der Waals surface area contributed by atoms with Gasteiger partial charge in [0.1, 0.15) is 5.69 Å². The Morgan fingerprint density at radius 1 is 1.18 bits per heavy atom. The zero-order valence-corrected chi connectivity index (χ0v) is 13.9. The normalized spacial score (nSPS) is 10.6. The quantitative estimate of drug-likeness (QED) is 0.848. The molecule has 0 aliphatic rings. The topological polar surface area (TPSA) is 57.5 Å². The summed E-state index contributed by atoms with van der Waals surface area (Å²) in [5, 5.41) is 8.28. The smallest absolute Gasteiger partial charge is 0.162 e. The summed E-state index contributed by atoms with van der Waals surface area (Å²) in [6.45, 7) is 0.991. The molecule has 0 amide bonds. The van der Waals surface area contributed by atoms with Crippen LogP contribution in [0.5, 0.6) is 11.5 Å². The van der Waals surface area contributed by atoms with E-state index in [1.54, 1.807) is 32.1 Å². The van der Waals surface area contributed by atoms with Crippen LogP contribution in [0.2, 0.25) is 5.02 Å². The maximum absolute atomic E-state index is 6.29. The third-order valence-corrected chi connectivity index (χ3v) is 3.56. The van der Waals surface area contributed by atoms with Crippen LogP contribution in [-0.2, 0) is 24.9 Å². The van der Waals surface area contributed by atoms with Crippen molar-refractivity contribution >= 4 is 17.3 Å². The summed E-state index contributed by atoms with van der Waals surface area (Å²) >= 11 is 6.29. The molecule has 7 heteroatoms. The number of ether oxygens (including phenoxy) is 3. The zero-order chi connectivity index (χ0) is 16.1. The molecule has 120 valence electrons. The first kappa shape index (κ1) is 16.5. The molecule has 0 saturated carbocycles. The SMILES string of the molecule is COCc1nn(C)cc1NCc1cc(OC)c(OC)cc1Cl. The Balaban J connectivity index is 2.18. The van der Waals surface area contributed by atoms with Crippen LogP contribution >= 0.6 is 11.6 Å². The van der Waals surface area contributed by atoms with Crippen molar-refractivity contribution in [1.82, 2.24) is 9.78 Å². The molecule has 1 aromatic heterocycles. The minimum atomic E-state index is 0.447. The first-order chi connectivity index (χ1) is 10.6. The summed E-state index contributed by atoms with van der Waals surface area (Å²) in [5.41, 5.74) is 2.67. The molecule has 0 aliphatic carbocycles. The highest BCUT2D eigenvalue weighted by Crippen LogP contribution is 2.33. The second-order valence-electron chi connectivity index (χ2n) is 4.75. The summed E-state index contributed by atoms with van der Waals surface area (Å²) in [5.74, 6) is 1.25. The molecule has 0 aliphatic heterocycles. The number of nitrogens with zero attached hydrogens (tertiary/aromatic N) is 2. The average Bonchev–Trinajstić information content (AvgIpc) is 2.85. The average molecular weight is 326 g/mol. The van der Waals surface area contributed by atoms with Gasteiger partial charge in [0.2, 0.25) is 0 Å².